The summed E-state index contributed by atoms with van der Waals surface area (Å²) in [6.07, 6.45) is 3.60. The van der Waals surface area contributed by atoms with Crippen molar-refractivity contribution in [3.63, 3.8) is 0 Å². The first-order chi connectivity index (χ1) is 11.1. The van der Waals surface area contributed by atoms with Gasteiger partial charge in [0, 0.05) is 23.9 Å². The van der Waals surface area contributed by atoms with E-state index in [1.54, 1.807) is 13.1 Å². The molecule has 0 amide bonds. The molecule has 1 atom stereocenters. The standard InChI is InChI=1S/C16H23BrN2O4/c1-2-23-16(21)9-13-14(8-12(17)10-18-13)19-15(20)7-11-3-5-22-6-4-11/h8,10-11,15,19-20H,2-7,9H2,1H3. The summed E-state index contributed by atoms with van der Waals surface area (Å²) in [5.74, 6) is 0.115. The number of carbonyl (C=O) groups excluding carboxylic acids is 1. The number of pyridine rings is 1. The van der Waals surface area contributed by atoms with E-state index < -0.39 is 6.23 Å². The smallest absolute Gasteiger partial charge is 0.311 e. The van der Waals surface area contributed by atoms with Gasteiger partial charge in [-0.1, -0.05) is 0 Å². The summed E-state index contributed by atoms with van der Waals surface area (Å²) in [6, 6.07) is 1.81. The van der Waals surface area contributed by atoms with E-state index >= 15 is 0 Å². The molecule has 0 aromatic carbocycles. The van der Waals surface area contributed by atoms with Gasteiger partial charge in [0.2, 0.25) is 0 Å². The highest BCUT2D eigenvalue weighted by Crippen LogP contribution is 2.24. The van der Waals surface area contributed by atoms with Crippen LogP contribution in [0.1, 0.15) is 31.9 Å². The highest BCUT2D eigenvalue weighted by atomic mass is 79.9. The van der Waals surface area contributed by atoms with Gasteiger partial charge in [-0.05, 0) is 54.1 Å². The number of aliphatic hydroxyl groups is 1. The van der Waals surface area contributed by atoms with Crippen molar-refractivity contribution >= 4 is 27.6 Å². The van der Waals surface area contributed by atoms with Crippen LogP contribution in [0.2, 0.25) is 0 Å². The van der Waals surface area contributed by atoms with Crippen LogP contribution in [0, 0.1) is 5.92 Å². The van der Waals surface area contributed by atoms with Gasteiger partial charge in [-0.25, -0.2) is 0 Å². The predicted octanol–water partition coefficient (Wildman–Crippen LogP) is 2.50. The quantitative estimate of drug-likeness (QED) is 0.553. The van der Waals surface area contributed by atoms with Crippen molar-refractivity contribution in [2.24, 2.45) is 5.92 Å². The largest absolute Gasteiger partial charge is 0.466 e. The van der Waals surface area contributed by atoms with Gasteiger partial charge in [0.05, 0.1) is 24.4 Å². The average Bonchev–Trinajstić information content (AvgIpc) is 2.51. The molecule has 6 nitrogen and oxygen atoms in total. The molecule has 1 aromatic rings. The summed E-state index contributed by atoms with van der Waals surface area (Å²) < 4.78 is 11.1. The van der Waals surface area contributed by atoms with Crippen LogP contribution in [-0.4, -0.2) is 42.1 Å². The Morgan fingerprint density at radius 1 is 1.57 bits per heavy atom. The van der Waals surface area contributed by atoms with Gasteiger partial charge in [-0.2, -0.15) is 0 Å². The van der Waals surface area contributed by atoms with E-state index in [4.69, 9.17) is 9.47 Å². The molecular weight excluding hydrogens is 364 g/mol. The second-order valence-corrected chi connectivity index (χ2v) is 6.50. The zero-order valence-corrected chi connectivity index (χ0v) is 14.8. The number of hydrogen-bond acceptors (Lipinski definition) is 6. The van der Waals surface area contributed by atoms with E-state index in [-0.39, 0.29) is 12.4 Å². The van der Waals surface area contributed by atoms with Crippen LogP contribution in [0.25, 0.3) is 0 Å². The molecule has 7 heteroatoms. The first-order valence-electron chi connectivity index (χ1n) is 7.91. The molecule has 2 rings (SSSR count). The summed E-state index contributed by atoms with van der Waals surface area (Å²) in [5.41, 5.74) is 1.21. The van der Waals surface area contributed by atoms with Crippen LogP contribution in [-0.2, 0) is 20.7 Å². The Balaban J connectivity index is 1.99. The van der Waals surface area contributed by atoms with Gasteiger partial charge < -0.3 is 19.9 Å². The lowest BCUT2D eigenvalue weighted by Gasteiger charge is -2.25. The van der Waals surface area contributed by atoms with Crippen molar-refractivity contribution in [2.45, 2.75) is 38.8 Å². The fourth-order valence-electron chi connectivity index (χ4n) is 2.62. The minimum atomic E-state index is -0.685. The number of nitrogens with one attached hydrogen (secondary N) is 1. The SMILES string of the molecule is CCOC(=O)Cc1ncc(Br)cc1NC(O)CC1CCOCC1. The second kappa shape index (κ2) is 9.20. The fraction of sp³-hybridized carbons (Fsp3) is 0.625. The van der Waals surface area contributed by atoms with Crippen molar-refractivity contribution in [3.05, 3.63) is 22.4 Å². The highest BCUT2D eigenvalue weighted by Gasteiger charge is 2.19. The molecule has 128 valence electrons. The Hall–Kier alpha value is -1.18. The first kappa shape index (κ1) is 18.2. The van der Waals surface area contributed by atoms with Crippen LogP contribution in [0.15, 0.2) is 16.7 Å². The fourth-order valence-corrected chi connectivity index (χ4v) is 2.95. The molecule has 1 fully saturated rings. The molecule has 2 N–H and O–H groups in total. The lowest BCUT2D eigenvalue weighted by Crippen LogP contribution is -2.27. The molecule has 0 saturated carbocycles. The number of halogens is 1. The minimum absolute atomic E-state index is 0.0768. The van der Waals surface area contributed by atoms with E-state index in [9.17, 15) is 9.90 Å². The number of anilines is 1. The number of nitrogens with zero attached hydrogens (tertiary/aromatic N) is 1. The lowest BCUT2D eigenvalue weighted by atomic mass is 9.96. The van der Waals surface area contributed by atoms with Gasteiger partial charge in [-0.3, -0.25) is 9.78 Å². The number of ether oxygens (including phenoxy) is 2. The summed E-state index contributed by atoms with van der Waals surface area (Å²) >= 11 is 3.36. The van der Waals surface area contributed by atoms with E-state index in [2.05, 4.69) is 26.2 Å². The third-order valence-electron chi connectivity index (χ3n) is 3.77. The second-order valence-electron chi connectivity index (χ2n) is 5.58. The topological polar surface area (TPSA) is 80.7 Å². The zero-order chi connectivity index (χ0) is 16.7. The highest BCUT2D eigenvalue weighted by molar-refractivity contribution is 9.10. The molecule has 0 spiro atoms. The monoisotopic (exact) mass is 386 g/mol. The summed E-state index contributed by atoms with van der Waals surface area (Å²) in [6.45, 7) is 3.61. The third kappa shape index (κ3) is 6.08. The molecule has 0 aliphatic carbocycles. The molecule has 2 heterocycles. The Bertz CT molecular complexity index is 521. The molecular formula is C16H23BrN2O4. The van der Waals surface area contributed by atoms with Gasteiger partial charge >= 0.3 is 5.97 Å². The van der Waals surface area contributed by atoms with Crippen LogP contribution >= 0.6 is 15.9 Å². The molecule has 1 saturated heterocycles. The Kier molecular flexibility index (Phi) is 7.26. The predicted molar refractivity (Wildman–Crippen MR) is 90.1 cm³/mol. The Morgan fingerprint density at radius 3 is 3.00 bits per heavy atom. The van der Waals surface area contributed by atoms with Gasteiger partial charge in [-0.15, -0.1) is 0 Å². The number of aromatic nitrogens is 1. The van der Waals surface area contributed by atoms with Gasteiger partial charge in [0.25, 0.3) is 0 Å². The summed E-state index contributed by atoms with van der Waals surface area (Å²) in [4.78, 5) is 15.9. The van der Waals surface area contributed by atoms with Crippen molar-refractivity contribution in [1.29, 1.82) is 0 Å². The maximum absolute atomic E-state index is 11.7. The maximum Gasteiger partial charge on any atom is 0.311 e. The van der Waals surface area contributed by atoms with Crippen molar-refractivity contribution in [3.8, 4) is 0 Å². The molecule has 0 radical (unpaired) electrons. The van der Waals surface area contributed by atoms with E-state index in [1.165, 1.54) is 0 Å². The van der Waals surface area contributed by atoms with Crippen LogP contribution < -0.4 is 5.32 Å². The van der Waals surface area contributed by atoms with Crippen molar-refractivity contribution in [1.82, 2.24) is 4.98 Å². The van der Waals surface area contributed by atoms with Crippen molar-refractivity contribution < 1.29 is 19.4 Å². The van der Waals surface area contributed by atoms with Crippen LogP contribution in [0.4, 0.5) is 5.69 Å². The van der Waals surface area contributed by atoms with E-state index in [0.717, 1.165) is 30.5 Å². The summed E-state index contributed by atoms with van der Waals surface area (Å²) in [5, 5.41) is 13.4. The molecule has 23 heavy (non-hydrogen) atoms. The number of aliphatic hydroxyl groups excluding tert-OH is 1. The normalized spacial score (nSPS) is 16.8. The average molecular weight is 387 g/mol. The van der Waals surface area contributed by atoms with Crippen molar-refractivity contribution in [2.75, 3.05) is 25.1 Å². The van der Waals surface area contributed by atoms with Crippen LogP contribution in [0.3, 0.4) is 0 Å². The number of rotatable bonds is 7. The number of hydrogen-bond donors (Lipinski definition) is 2. The Labute approximate surface area is 144 Å². The molecule has 1 aliphatic rings. The van der Waals surface area contributed by atoms with Gasteiger partial charge in [0.1, 0.15) is 6.23 Å². The zero-order valence-electron chi connectivity index (χ0n) is 13.3. The van der Waals surface area contributed by atoms with Gasteiger partial charge in [0.15, 0.2) is 0 Å². The lowest BCUT2D eigenvalue weighted by molar-refractivity contribution is -0.142. The number of carbonyl (C=O) groups is 1. The molecule has 0 bridgehead atoms. The van der Waals surface area contributed by atoms with E-state index in [1.807, 2.05) is 6.07 Å². The minimum Gasteiger partial charge on any atom is -0.466 e. The maximum atomic E-state index is 11.7. The van der Waals surface area contributed by atoms with Crippen LogP contribution in [0.5, 0.6) is 0 Å². The molecule has 1 aliphatic heterocycles. The first-order valence-corrected chi connectivity index (χ1v) is 8.70. The molecule has 1 unspecified atom stereocenters. The van der Waals surface area contributed by atoms with E-state index in [0.29, 0.717) is 30.3 Å². The Morgan fingerprint density at radius 2 is 2.30 bits per heavy atom. The third-order valence-corrected chi connectivity index (χ3v) is 4.21. The summed E-state index contributed by atoms with van der Waals surface area (Å²) in [7, 11) is 0. The molecule has 1 aromatic heterocycles. The number of esters is 1.